The summed E-state index contributed by atoms with van der Waals surface area (Å²) >= 11 is 5.58. The minimum Gasteiger partial charge on any atom is -0.454 e. The zero-order chi connectivity index (χ0) is 12.4. The number of hydrogen-bond acceptors (Lipinski definition) is 4. The van der Waals surface area contributed by atoms with E-state index in [1.54, 1.807) is 0 Å². The number of nitrogens with one attached hydrogen (secondary N) is 1. The molecule has 1 aromatic carbocycles. The van der Waals surface area contributed by atoms with Gasteiger partial charge in [-0.1, -0.05) is 0 Å². The van der Waals surface area contributed by atoms with Crippen molar-refractivity contribution in [3.63, 3.8) is 0 Å². The molecule has 0 atom stereocenters. The number of halogens is 1. The topological polar surface area (TPSA) is 30.5 Å². The van der Waals surface area contributed by atoms with Gasteiger partial charge < -0.3 is 14.8 Å². The molecule has 0 saturated carbocycles. The summed E-state index contributed by atoms with van der Waals surface area (Å²) in [4.78, 5) is 0. The highest BCUT2D eigenvalue weighted by Crippen LogP contribution is 2.39. The predicted molar refractivity (Wildman–Crippen MR) is 77.5 cm³/mol. The molecule has 1 N–H and O–H groups in total. The first kappa shape index (κ1) is 12.6. The first-order valence-corrected chi connectivity index (χ1v) is 8.17. The fourth-order valence-corrected chi connectivity index (χ4v) is 4.00. The minimum atomic E-state index is 0.324. The number of ether oxygens (including phenoxy) is 2. The Bertz CT molecular complexity index is 435. The molecule has 1 saturated heterocycles. The van der Waals surface area contributed by atoms with E-state index in [0.29, 0.717) is 12.8 Å². The van der Waals surface area contributed by atoms with Crippen molar-refractivity contribution >= 4 is 27.7 Å². The van der Waals surface area contributed by atoms with Crippen molar-refractivity contribution in [3.05, 3.63) is 22.2 Å². The van der Waals surface area contributed by atoms with Gasteiger partial charge in [0.05, 0.1) is 4.47 Å². The van der Waals surface area contributed by atoms with Crippen LogP contribution in [0.3, 0.4) is 0 Å². The molecule has 0 aromatic heterocycles. The summed E-state index contributed by atoms with van der Waals surface area (Å²) in [6, 6.07) is 4.84. The van der Waals surface area contributed by atoms with Crippen LogP contribution in [0.4, 0.5) is 0 Å². The van der Waals surface area contributed by atoms with Crippen LogP contribution in [0.15, 0.2) is 16.6 Å². The highest BCUT2D eigenvalue weighted by molar-refractivity contribution is 9.10. The number of fused-ring (bicyclic) bond motifs is 1. The smallest absolute Gasteiger partial charge is 0.231 e. The van der Waals surface area contributed by atoms with Crippen molar-refractivity contribution in [2.24, 2.45) is 0 Å². The third-order valence-electron chi connectivity index (χ3n) is 3.30. The van der Waals surface area contributed by atoms with Crippen LogP contribution in [0, 0.1) is 0 Å². The van der Waals surface area contributed by atoms with Crippen LogP contribution < -0.4 is 14.8 Å². The lowest BCUT2D eigenvalue weighted by Gasteiger charge is -2.22. The molecule has 18 heavy (non-hydrogen) atoms. The average molecular weight is 330 g/mol. The Balaban J connectivity index is 1.64. The molecule has 0 spiro atoms. The Morgan fingerprint density at radius 1 is 1.28 bits per heavy atom. The van der Waals surface area contributed by atoms with Gasteiger partial charge >= 0.3 is 0 Å². The number of rotatable bonds is 3. The molecule has 2 aliphatic rings. The number of benzene rings is 1. The van der Waals surface area contributed by atoms with Crippen molar-refractivity contribution in [1.82, 2.24) is 5.32 Å². The maximum atomic E-state index is 5.43. The quantitative estimate of drug-likeness (QED) is 0.922. The van der Waals surface area contributed by atoms with Gasteiger partial charge in [-0.3, -0.25) is 0 Å². The monoisotopic (exact) mass is 329 g/mol. The Kier molecular flexibility index (Phi) is 4.01. The van der Waals surface area contributed by atoms with Crippen molar-refractivity contribution in [3.8, 4) is 11.5 Å². The first-order valence-electron chi connectivity index (χ1n) is 6.22. The molecule has 0 unspecified atom stereocenters. The van der Waals surface area contributed by atoms with Gasteiger partial charge in [-0.25, -0.2) is 0 Å². The Hall–Kier alpha value is -0.390. The van der Waals surface area contributed by atoms with Crippen molar-refractivity contribution in [2.45, 2.75) is 25.4 Å². The Morgan fingerprint density at radius 3 is 2.94 bits per heavy atom. The van der Waals surface area contributed by atoms with E-state index in [2.05, 4.69) is 45.1 Å². The minimum absolute atomic E-state index is 0.324. The van der Waals surface area contributed by atoms with Gasteiger partial charge in [0.1, 0.15) is 0 Å². The number of hydrogen-bond donors (Lipinski definition) is 1. The Labute approximate surface area is 120 Å². The van der Waals surface area contributed by atoms with E-state index in [9.17, 15) is 0 Å². The predicted octanol–water partition coefficient (Wildman–Crippen LogP) is 3.16. The van der Waals surface area contributed by atoms with E-state index >= 15 is 0 Å². The van der Waals surface area contributed by atoms with Gasteiger partial charge in [0, 0.05) is 12.6 Å². The van der Waals surface area contributed by atoms with Crippen LogP contribution in [0.1, 0.15) is 18.4 Å². The van der Waals surface area contributed by atoms with Crippen LogP contribution in [0.2, 0.25) is 0 Å². The molecule has 0 radical (unpaired) electrons. The largest absolute Gasteiger partial charge is 0.454 e. The second kappa shape index (κ2) is 5.72. The Morgan fingerprint density at radius 2 is 2.11 bits per heavy atom. The third kappa shape index (κ3) is 2.78. The molecular weight excluding hydrogens is 314 g/mol. The van der Waals surface area contributed by atoms with Crippen molar-refractivity contribution in [2.75, 3.05) is 18.3 Å². The zero-order valence-electron chi connectivity index (χ0n) is 10.1. The molecule has 3 nitrogen and oxygen atoms in total. The summed E-state index contributed by atoms with van der Waals surface area (Å²) in [7, 11) is 0. The van der Waals surface area contributed by atoms with E-state index in [1.165, 1.54) is 29.9 Å². The summed E-state index contributed by atoms with van der Waals surface area (Å²) < 4.78 is 11.8. The lowest BCUT2D eigenvalue weighted by molar-refractivity contribution is 0.173. The van der Waals surface area contributed by atoms with Crippen LogP contribution in [0.5, 0.6) is 11.5 Å². The fourth-order valence-electron chi connectivity index (χ4n) is 2.29. The lowest BCUT2D eigenvalue weighted by Crippen LogP contribution is -2.32. The van der Waals surface area contributed by atoms with Gasteiger partial charge in [0.2, 0.25) is 6.79 Å². The molecular formula is C13H16BrNO2S. The summed E-state index contributed by atoms with van der Waals surface area (Å²) in [6.45, 7) is 1.22. The van der Waals surface area contributed by atoms with Crippen molar-refractivity contribution in [1.29, 1.82) is 0 Å². The molecule has 2 aliphatic heterocycles. The third-order valence-corrected chi connectivity index (χ3v) is 4.94. The fraction of sp³-hybridized carbons (Fsp3) is 0.538. The SMILES string of the molecule is Brc1cc(CNC2CCSCC2)cc2c1OCO2. The standard InChI is InChI=1S/C13H16BrNO2S/c14-11-5-9(6-12-13(11)17-8-16-12)7-15-10-1-3-18-4-2-10/h5-6,10,15H,1-4,7-8H2. The van der Waals surface area contributed by atoms with Crippen LogP contribution in [-0.4, -0.2) is 24.3 Å². The maximum absolute atomic E-state index is 5.43. The molecule has 98 valence electrons. The molecule has 3 rings (SSSR count). The van der Waals surface area contributed by atoms with Gasteiger partial charge in [-0.15, -0.1) is 0 Å². The molecule has 0 amide bonds. The molecule has 1 fully saturated rings. The molecule has 2 heterocycles. The van der Waals surface area contributed by atoms with E-state index in [4.69, 9.17) is 9.47 Å². The molecule has 5 heteroatoms. The summed E-state index contributed by atoms with van der Waals surface area (Å²) in [5.41, 5.74) is 1.24. The molecule has 1 aromatic rings. The zero-order valence-corrected chi connectivity index (χ0v) is 12.5. The first-order chi connectivity index (χ1) is 8.83. The van der Waals surface area contributed by atoms with E-state index < -0.39 is 0 Å². The second-order valence-electron chi connectivity index (χ2n) is 4.58. The highest BCUT2D eigenvalue weighted by Gasteiger charge is 2.18. The molecule has 0 bridgehead atoms. The maximum Gasteiger partial charge on any atom is 0.231 e. The number of thioether (sulfide) groups is 1. The van der Waals surface area contributed by atoms with E-state index in [1.807, 2.05) is 0 Å². The normalized spacial score (nSPS) is 19.2. The van der Waals surface area contributed by atoms with Gasteiger partial charge in [-0.2, -0.15) is 11.8 Å². The van der Waals surface area contributed by atoms with Crippen molar-refractivity contribution < 1.29 is 9.47 Å². The summed E-state index contributed by atoms with van der Waals surface area (Å²) in [5, 5.41) is 3.63. The van der Waals surface area contributed by atoms with E-state index in [-0.39, 0.29) is 0 Å². The van der Waals surface area contributed by atoms with Crippen LogP contribution in [0.25, 0.3) is 0 Å². The van der Waals surface area contributed by atoms with Crippen LogP contribution in [-0.2, 0) is 6.54 Å². The second-order valence-corrected chi connectivity index (χ2v) is 6.66. The van der Waals surface area contributed by atoms with Gasteiger partial charge in [-0.05, 0) is 58.0 Å². The van der Waals surface area contributed by atoms with Crippen LogP contribution >= 0.6 is 27.7 Å². The van der Waals surface area contributed by atoms with Gasteiger partial charge in [0.15, 0.2) is 11.5 Å². The highest BCUT2D eigenvalue weighted by atomic mass is 79.9. The molecule has 0 aliphatic carbocycles. The lowest BCUT2D eigenvalue weighted by atomic mass is 10.1. The van der Waals surface area contributed by atoms with E-state index in [0.717, 1.165) is 22.5 Å². The summed E-state index contributed by atoms with van der Waals surface area (Å²) in [6.07, 6.45) is 2.55. The average Bonchev–Trinajstić information content (AvgIpc) is 2.86. The summed E-state index contributed by atoms with van der Waals surface area (Å²) in [5.74, 6) is 4.23. The van der Waals surface area contributed by atoms with Gasteiger partial charge in [0.25, 0.3) is 0 Å².